The lowest BCUT2D eigenvalue weighted by Gasteiger charge is -2.58. The second kappa shape index (κ2) is 14.6. The maximum absolute atomic E-state index is 12.7. The third-order valence-electron chi connectivity index (χ3n) is 12.4. The summed E-state index contributed by atoms with van der Waals surface area (Å²) in [5.74, 6) is 4.68. The van der Waals surface area contributed by atoms with Gasteiger partial charge in [-0.25, -0.2) is 4.57 Å². The van der Waals surface area contributed by atoms with E-state index < -0.39 is 7.82 Å². The number of rotatable bonds is 15. The monoisotopic (exact) mass is 638 g/mol. The Labute approximate surface area is 269 Å². The van der Waals surface area contributed by atoms with Crippen molar-refractivity contribution >= 4 is 13.8 Å². The molecule has 0 aromatic heterocycles. The molecule has 0 amide bonds. The van der Waals surface area contributed by atoms with E-state index in [-0.39, 0.29) is 37.1 Å². The highest BCUT2D eigenvalue weighted by atomic mass is 31.2. The van der Waals surface area contributed by atoms with Gasteiger partial charge < -0.3 is 14.1 Å². The van der Waals surface area contributed by atoms with Gasteiger partial charge in [-0.3, -0.25) is 13.8 Å². The van der Waals surface area contributed by atoms with E-state index in [0.29, 0.717) is 22.9 Å². The number of ether oxygens (including phenoxy) is 1. The molecule has 7 nitrogen and oxygen atoms in total. The molecule has 44 heavy (non-hydrogen) atoms. The number of fused-ring (bicyclic) bond motifs is 5. The Morgan fingerprint density at radius 2 is 1.73 bits per heavy atom. The fourth-order valence-corrected chi connectivity index (χ4v) is 10.6. The van der Waals surface area contributed by atoms with Gasteiger partial charge in [-0.2, -0.15) is 0 Å². The first-order valence-corrected chi connectivity index (χ1v) is 19.3. The minimum absolute atomic E-state index is 0.0120. The number of esters is 1. The highest BCUT2D eigenvalue weighted by Gasteiger charge is 2.59. The Morgan fingerprint density at radius 1 is 1.00 bits per heavy atom. The van der Waals surface area contributed by atoms with Gasteiger partial charge in [-0.1, -0.05) is 65.5 Å². The van der Waals surface area contributed by atoms with E-state index in [1.54, 1.807) is 0 Å². The molecule has 1 N–H and O–H groups in total. The van der Waals surface area contributed by atoms with Gasteiger partial charge in [0.1, 0.15) is 19.3 Å². The molecule has 0 spiro atoms. The van der Waals surface area contributed by atoms with E-state index in [1.165, 1.54) is 56.9 Å². The van der Waals surface area contributed by atoms with Crippen LogP contribution in [0.4, 0.5) is 0 Å². The SMILES string of the molecule is CC(C)CCC[C@@H](C)[C@H]1CCC2C3CC=C4C[C@@H](OC(=O)CCCOP(=O)(O)OCC[N+](C)(C)C)CC[C@]4(C)C3CC[C@@]21C. The lowest BCUT2D eigenvalue weighted by Crippen LogP contribution is -2.51. The molecule has 0 bridgehead atoms. The van der Waals surface area contributed by atoms with E-state index in [9.17, 15) is 14.3 Å². The maximum Gasteiger partial charge on any atom is 0.472 e. The van der Waals surface area contributed by atoms with Crippen molar-refractivity contribution in [3.63, 3.8) is 0 Å². The van der Waals surface area contributed by atoms with Gasteiger partial charge in [0.2, 0.25) is 0 Å². The third kappa shape index (κ3) is 8.79. The molecule has 8 heteroatoms. The molecular formula is C36H65NO6P+. The van der Waals surface area contributed by atoms with Crippen molar-refractivity contribution in [3.05, 3.63) is 11.6 Å². The molecule has 0 aliphatic heterocycles. The number of phosphoric ester groups is 1. The first kappa shape index (κ1) is 36.1. The Morgan fingerprint density at radius 3 is 2.43 bits per heavy atom. The topological polar surface area (TPSA) is 82.1 Å². The molecule has 0 saturated heterocycles. The molecule has 4 aliphatic carbocycles. The van der Waals surface area contributed by atoms with Crippen LogP contribution in [0.3, 0.4) is 0 Å². The van der Waals surface area contributed by atoms with Gasteiger partial charge >= 0.3 is 13.8 Å². The smallest absolute Gasteiger partial charge is 0.462 e. The van der Waals surface area contributed by atoms with Gasteiger partial charge in [0.05, 0.1) is 27.7 Å². The van der Waals surface area contributed by atoms with Gasteiger partial charge in [-0.15, -0.1) is 0 Å². The highest BCUT2D eigenvalue weighted by molar-refractivity contribution is 7.47. The Balaban J connectivity index is 1.24. The molecular weight excluding hydrogens is 573 g/mol. The predicted octanol–water partition coefficient (Wildman–Crippen LogP) is 8.56. The number of quaternary nitrogens is 1. The first-order valence-electron chi connectivity index (χ1n) is 17.9. The zero-order valence-corrected chi connectivity index (χ0v) is 30.2. The quantitative estimate of drug-likeness (QED) is 0.0636. The number of carbonyl (C=O) groups excluding carboxylic acids is 1. The summed E-state index contributed by atoms with van der Waals surface area (Å²) >= 11 is 0. The van der Waals surface area contributed by atoms with Crippen LogP contribution in [-0.4, -0.2) is 62.4 Å². The Hall–Kier alpha value is -0.720. The minimum atomic E-state index is -4.11. The first-order chi connectivity index (χ1) is 20.5. The third-order valence-corrected chi connectivity index (χ3v) is 13.4. The average Bonchev–Trinajstić information content (AvgIpc) is 3.27. The molecule has 0 aromatic rings. The van der Waals surface area contributed by atoms with Gasteiger partial charge in [0.25, 0.3) is 0 Å². The number of carbonyl (C=O) groups is 1. The van der Waals surface area contributed by atoms with Crippen molar-refractivity contribution in [1.82, 2.24) is 0 Å². The molecule has 254 valence electrons. The summed E-state index contributed by atoms with van der Waals surface area (Å²) in [7, 11) is 1.85. The van der Waals surface area contributed by atoms with Gasteiger partial charge in [-0.05, 0) is 97.7 Å². The van der Waals surface area contributed by atoms with Crippen molar-refractivity contribution in [2.75, 3.05) is 40.9 Å². The van der Waals surface area contributed by atoms with Gasteiger partial charge in [0.15, 0.2) is 0 Å². The van der Waals surface area contributed by atoms with Crippen LogP contribution < -0.4 is 0 Å². The van der Waals surface area contributed by atoms with Crippen molar-refractivity contribution in [3.8, 4) is 0 Å². The maximum atomic E-state index is 12.7. The van der Waals surface area contributed by atoms with Crippen LogP contribution in [0, 0.1) is 46.3 Å². The minimum Gasteiger partial charge on any atom is -0.462 e. The van der Waals surface area contributed by atoms with Gasteiger partial charge in [0, 0.05) is 12.8 Å². The lowest BCUT2D eigenvalue weighted by molar-refractivity contribution is -0.870. The van der Waals surface area contributed by atoms with E-state index in [2.05, 4.69) is 40.7 Å². The van der Waals surface area contributed by atoms with Crippen molar-refractivity contribution in [1.29, 1.82) is 0 Å². The van der Waals surface area contributed by atoms with Crippen LogP contribution in [0.25, 0.3) is 0 Å². The fourth-order valence-electron chi connectivity index (χ4n) is 9.86. The molecule has 4 rings (SSSR count). The number of nitrogens with zero attached hydrogens (tertiary/aromatic N) is 1. The predicted molar refractivity (Wildman–Crippen MR) is 177 cm³/mol. The van der Waals surface area contributed by atoms with Crippen LogP contribution >= 0.6 is 7.82 Å². The molecule has 4 aliphatic rings. The summed E-state index contributed by atoms with van der Waals surface area (Å²) in [5, 5.41) is 0. The van der Waals surface area contributed by atoms with E-state index >= 15 is 0 Å². The fraction of sp³-hybridized carbons (Fsp3) is 0.917. The zero-order valence-electron chi connectivity index (χ0n) is 29.3. The number of phosphoric acid groups is 1. The molecule has 3 fully saturated rings. The van der Waals surface area contributed by atoms with Crippen molar-refractivity contribution in [2.24, 2.45) is 46.3 Å². The lowest BCUT2D eigenvalue weighted by atomic mass is 9.47. The van der Waals surface area contributed by atoms with Crippen molar-refractivity contribution < 1.29 is 32.5 Å². The zero-order chi connectivity index (χ0) is 32.3. The summed E-state index contributed by atoms with van der Waals surface area (Å²) in [4.78, 5) is 22.6. The summed E-state index contributed by atoms with van der Waals surface area (Å²) < 4.78 is 28.8. The van der Waals surface area contributed by atoms with E-state index in [1.807, 2.05) is 21.1 Å². The number of allylic oxidation sites excluding steroid dienone is 1. The Bertz CT molecular complexity index is 1050. The summed E-state index contributed by atoms with van der Waals surface area (Å²) in [6.45, 7) is 13.1. The summed E-state index contributed by atoms with van der Waals surface area (Å²) in [5.41, 5.74) is 2.26. The normalized spacial score (nSPS) is 35.7. The molecule has 0 heterocycles. The summed E-state index contributed by atoms with van der Waals surface area (Å²) in [6.07, 6.45) is 16.7. The summed E-state index contributed by atoms with van der Waals surface area (Å²) in [6, 6.07) is 0. The van der Waals surface area contributed by atoms with Crippen LogP contribution in [-0.2, 0) is 23.1 Å². The molecule has 3 saturated carbocycles. The van der Waals surface area contributed by atoms with E-state index in [0.717, 1.165) is 54.8 Å². The second-order valence-electron chi connectivity index (χ2n) is 16.9. The Kier molecular flexibility index (Phi) is 12.0. The largest absolute Gasteiger partial charge is 0.472 e. The van der Waals surface area contributed by atoms with Crippen molar-refractivity contribution in [2.45, 2.75) is 124 Å². The number of likely N-dealkylation sites (N-methyl/N-ethyl adjacent to an activating group) is 1. The number of hydrogen-bond donors (Lipinski definition) is 1. The van der Waals surface area contributed by atoms with Crippen LogP contribution in [0.1, 0.15) is 118 Å². The molecule has 9 atom stereocenters. The molecule has 4 unspecified atom stereocenters. The average molecular weight is 639 g/mol. The van der Waals surface area contributed by atoms with Crippen LogP contribution in [0.15, 0.2) is 11.6 Å². The van der Waals surface area contributed by atoms with Crippen LogP contribution in [0.5, 0.6) is 0 Å². The van der Waals surface area contributed by atoms with Crippen LogP contribution in [0.2, 0.25) is 0 Å². The molecule has 0 radical (unpaired) electrons. The second-order valence-corrected chi connectivity index (χ2v) is 18.4. The molecule has 0 aromatic carbocycles. The van der Waals surface area contributed by atoms with E-state index in [4.69, 9.17) is 13.8 Å². The number of hydrogen-bond acceptors (Lipinski definition) is 5. The standard InChI is InChI=1S/C36H64NO6P/c1-26(2)11-9-12-27(3)31-16-17-32-30-15-14-28-25-29(18-20-35(28,4)33(30)19-21-36(31,32)5)43-34(38)13-10-23-41-44(39,40)42-24-22-37(6,7)8/h14,26-27,29-33H,9-13,15-25H2,1-8H3/p+1/t27-,29+,30?,31-,32?,33?,35+,36-/m1/s1. The highest BCUT2D eigenvalue weighted by Crippen LogP contribution is 2.67.